The van der Waals surface area contributed by atoms with Gasteiger partial charge >= 0.3 is 5.97 Å². The van der Waals surface area contributed by atoms with Gasteiger partial charge in [-0.05, 0) is 36.8 Å². The standard InChI is InChI=1S/C15H13ClN2O3S/c1-9-4-5-10(16)7-12(9)18-13(19)8-22-14-11(15(20)21)3-2-6-17-14/h2-7H,8H2,1H3,(H,18,19)(H,20,21). The lowest BCUT2D eigenvalue weighted by molar-refractivity contribution is -0.113. The highest BCUT2D eigenvalue weighted by Gasteiger charge is 2.13. The van der Waals surface area contributed by atoms with Crippen molar-refractivity contribution in [2.24, 2.45) is 0 Å². The monoisotopic (exact) mass is 336 g/mol. The molecule has 0 bridgehead atoms. The van der Waals surface area contributed by atoms with Crippen LogP contribution in [0.1, 0.15) is 15.9 Å². The summed E-state index contributed by atoms with van der Waals surface area (Å²) in [6, 6.07) is 8.23. The number of aromatic nitrogens is 1. The van der Waals surface area contributed by atoms with Crippen molar-refractivity contribution in [3.63, 3.8) is 0 Å². The van der Waals surface area contributed by atoms with E-state index < -0.39 is 5.97 Å². The van der Waals surface area contributed by atoms with Crippen molar-refractivity contribution in [2.75, 3.05) is 11.1 Å². The fraction of sp³-hybridized carbons (Fsp3) is 0.133. The summed E-state index contributed by atoms with van der Waals surface area (Å²) >= 11 is 6.97. The topological polar surface area (TPSA) is 79.3 Å². The molecule has 0 atom stereocenters. The highest BCUT2D eigenvalue weighted by atomic mass is 35.5. The van der Waals surface area contributed by atoms with Gasteiger partial charge in [0.1, 0.15) is 5.03 Å². The third kappa shape index (κ3) is 4.22. The number of pyridine rings is 1. The third-order valence-electron chi connectivity index (χ3n) is 2.82. The van der Waals surface area contributed by atoms with Crippen LogP contribution in [0.25, 0.3) is 0 Å². The van der Waals surface area contributed by atoms with Crippen LogP contribution >= 0.6 is 23.4 Å². The SMILES string of the molecule is Cc1ccc(Cl)cc1NC(=O)CSc1ncccc1C(=O)O. The Morgan fingerprint density at radius 1 is 1.36 bits per heavy atom. The number of carboxylic acid groups (broad SMARTS) is 1. The smallest absolute Gasteiger partial charge is 0.338 e. The van der Waals surface area contributed by atoms with Crippen molar-refractivity contribution in [1.29, 1.82) is 0 Å². The number of rotatable bonds is 5. The number of nitrogens with zero attached hydrogens (tertiary/aromatic N) is 1. The zero-order chi connectivity index (χ0) is 16.1. The van der Waals surface area contributed by atoms with E-state index in [0.29, 0.717) is 15.7 Å². The lowest BCUT2D eigenvalue weighted by Gasteiger charge is -2.09. The van der Waals surface area contributed by atoms with Gasteiger partial charge in [0, 0.05) is 16.9 Å². The molecule has 0 saturated heterocycles. The quantitative estimate of drug-likeness (QED) is 0.817. The predicted octanol–water partition coefficient (Wildman–Crippen LogP) is 3.47. The molecule has 0 aliphatic heterocycles. The third-order valence-corrected chi connectivity index (χ3v) is 4.06. The summed E-state index contributed by atoms with van der Waals surface area (Å²) in [5.74, 6) is -1.26. The van der Waals surface area contributed by atoms with Crippen LogP contribution in [0.15, 0.2) is 41.6 Å². The minimum atomic E-state index is -1.07. The molecule has 5 nitrogen and oxygen atoms in total. The van der Waals surface area contributed by atoms with Gasteiger partial charge in [-0.1, -0.05) is 29.4 Å². The van der Waals surface area contributed by atoms with Crippen LogP contribution in [0.5, 0.6) is 0 Å². The van der Waals surface area contributed by atoms with Gasteiger partial charge in [-0.25, -0.2) is 9.78 Å². The minimum Gasteiger partial charge on any atom is -0.478 e. The predicted molar refractivity (Wildman–Crippen MR) is 86.7 cm³/mol. The zero-order valence-electron chi connectivity index (χ0n) is 11.7. The molecule has 114 valence electrons. The van der Waals surface area contributed by atoms with E-state index in [1.54, 1.807) is 18.2 Å². The lowest BCUT2D eigenvalue weighted by atomic mass is 10.2. The molecular weight excluding hydrogens is 324 g/mol. The molecule has 0 radical (unpaired) electrons. The summed E-state index contributed by atoms with van der Waals surface area (Å²) in [7, 11) is 0. The number of amides is 1. The average Bonchev–Trinajstić information content (AvgIpc) is 2.49. The van der Waals surface area contributed by atoms with Crippen molar-refractivity contribution in [3.8, 4) is 0 Å². The second kappa shape index (κ2) is 7.29. The highest BCUT2D eigenvalue weighted by Crippen LogP contribution is 2.22. The number of nitrogens with one attached hydrogen (secondary N) is 1. The number of thioether (sulfide) groups is 1. The largest absolute Gasteiger partial charge is 0.478 e. The number of hydrogen-bond donors (Lipinski definition) is 2. The normalized spacial score (nSPS) is 10.3. The molecule has 2 rings (SSSR count). The van der Waals surface area contributed by atoms with Crippen LogP contribution in [0.4, 0.5) is 5.69 Å². The number of hydrogen-bond acceptors (Lipinski definition) is 4. The number of anilines is 1. The van der Waals surface area contributed by atoms with Gasteiger partial charge in [0.15, 0.2) is 0 Å². The Bertz CT molecular complexity index is 722. The summed E-state index contributed by atoms with van der Waals surface area (Å²) in [6.45, 7) is 1.86. The van der Waals surface area contributed by atoms with Crippen molar-refractivity contribution in [2.45, 2.75) is 11.9 Å². The molecule has 1 heterocycles. The van der Waals surface area contributed by atoms with E-state index in [2.05, 4.69) is 10.3 Å². The van der Waals surface area contributed by atoms with Gasteiger partial charge in [0.2, 0.25) is 5.91 Å². The number of carbonyl (C=O) groups is 2. The Hall–Kier alpha value is -2.05. The lowest BCUT2D eigenvalue weighted by Crippen LogP contribution is -2.15. The number of benzene rings is 1. The fourth-order valence-corrected chi connectivity index (χ4v) is 2.68. The van der Waals surface area contributed by atoms with Crippen molar-refractivity contribution in [3.05, 3.63) is 52.7 Å². The van der Waals surface area contributed by atoms with E-state index in [-0.39, 0.29) is 17.2 Å². The van der Waals surface area contributed by atoms with Crippen molar-refractivity contribution < 1.29 is 14.7 Å². The van der Waals surface area contributed by atoms with Crippen LogP contribution in [-0.4, -0.2) is 27.7 Å². The Labute approximate surface area is 136 Å². The Balaban J connectivity index is 2.02. The maximum absolute atomic E-state index is 12.0. The van der Waals surface area contributed by atoms with Gasteiger partial charge < -0.3 is 10.4 Å². The summed E-state index contributed by atoms with van der Waals surface area (Å²) in [5.41, 5.74) is 1.61. The average molecular weight is 337 g/mol. The molecule has 0 fully saturated rings. The second-order valence-electron chi connectivity index (χ2n) is 4.46. The van der Waals surface area contributed by atoms with Gasteiger partial charge in [0.05, 0.1) is 11.3 Å². The first-order valence-electron chi connectivity index (χ1n) is 6.34. The van der Waals surface area contributed by atoms with Crippen LogP contribution in [0.2, 0.25) is 5.02 Å². The van der Waals surface area contributed by atoms with E-state index in [9.17, 15) is 9.59 Å². The van der Waals surface area contributed by atoms with E-state index >= 15 is 0 Å². The second-order valence-corrected chi connectivity index (χ2v) is 5.86. The molecule has 0 spiro atoms. The zero-order valence-corrected chi connectivity index (χ0v) is 13.2. The first kappa shape index (κ1) is 16.3. The molecule has 0 aliphatic carbocycles. The Kier molecular flexibility index (Phi) is 5.41. The summed E-state index contributed by atoms with van der Waals surface area (Å²) in [5, 5.41) is 12.7. The molecule has 0 unspecified atom stereocenters. The number of aryl methyl sites for hydroxylation is 1. The summed E-state index contributed by atoms with van der Waals surface area (Å²) in [4.78, 5) is 27.0. The van der Waals surface area contributed by atoms with Crippen molar-refractivity contribution in [1.82, 2.24) is 4.98 Å². The fourth-order valence-electron chi connectivity index (χ4n) is 1.72. The Morgan fingerprint density at radius 2 is 2.14 bits per heavy atom. The first-order chi connectivity index (χ1) is 10.5. The van der Waals surface area contributed by atoms with E-state index in [4.69, 9.17) is 16.7 Å². The highest BCUT2D eigenvalue weighted by molar-refractivity contribution is 8.00. The van der Waals surface area contributed by atoms with Crippen LogP contribution < -0.4 is 5.32 Å². The van der Waals surface area contributed by atoms with Gasteiger partial charge in [-0.15, -0.1) is 0 Å². The number of halogens is 1. The molecule has 0 aliphatic rings. The van der Waals surface area contributed by atoms with E-state index in [1.165, 1.54) is 12.3 Å². The molecule has 1 amide bonds. The van der Waals surface area contributed by atoms with E-state index in [0.717, 1.165) is 17.3 Å². The van der Waals surface area contributed by atoms with Crippen LogP contribution in [-0.2, 0) is 4.79 Å². The number of aromatic carboxylic acids is 1. The molecule has 1 aromatic carbocycles. The van der Waals surface area contributed by atoms with Gasteiger partial charge in [-0.3, -0.25) is 4.79 Å². The number of carboxylic acids is 1. The number of carbonyl (C=O) groups excluding carboxylic acids is 1. The van der Waals surface area contributed by atoms with Gasteiger partial charge in [0.25, 0.3) is 0 Å². The van der Waals surface area contributed by atoms with Crippen LogP contribution in [0.3, 0.4) is 0 Å². The van der Waals surface area contributed by atoms with Crippen molar-refractivity contribution >= 4 is 40.9 Å². The molecule has 2 N–H and O–H groups in total. The summed E-state index contributed by atoms with van der Waals surface area (Å²) in [6.07, 6.45) is 1.49. The van der Waals surface area contributed by atoms with Gasteiger partial charge in [-0.2, -0.15) is 0 Å². The maximum Gasteiger partial charge on any atom is 0.338 e. The molecule has 22 heavy (non-hydrogen) atoms. The summed E-state index contributed by atoms with van der Waals surface area (Å²) < 4.78 is 0. The molecule has 7 heteroatoms. The molecular formula is C15H13ClN2O3S. The Morgan fingerprint density at radius 3 is 2.86 bits per heavy atom. The molecule has 2 aromatic rings. The minimum absolute atomic E-state index is 0.0588. The molecule has 0 saturated carbocycles. The first-order valence-corrected chi connectivity index (χ1v) is 7.71. The van der Waals surface area contributed by atoms with E-state index in [1.807, 2.05) is 13.0 Å². The molecule has 1 aromatic heterocycles. The maximum atomic E-state index is 12.0. The van der Waals surface area contributed by atoms with Crippen LogP contribution in [0, 0.1) is 6.92 Å².